The summed E-state index contributed by atoms with van der Waals surface area (Å²) < 4.78 is 5.51. The maximum atomic E-state index is 10.5. The van der Waals surface area contributed by atoms with Gasteiger partial charge in [-0.05, 0) is 25.5 Å². The number of rotatable bonds is 4. The first-order valence-corrected chi connectivity index (χ1v) is 5.15. The van der Waals surface area contributed by atoms with Gasteiger partial charge >= 0.3 is 6.09 Å². The molecule has 0 fully saturated rings. The maximum Gasteiger partial charge on any atom is 0.407 e. The van der Waals surface area contributed by atoms with Gasteiger partial charge in [0, 0.05) is 7.05 Å². The summed E-state index contributed by atoms with van der Waals surface area (Å²) in [5.41, 5.74) is 2.26. The van der Waals surface area contributed by atoms with Crippen LogP contribution in [-0.4, -0.2) is 36.3 Å². The van der Waals surface area contributed by atoms with Crippen LogP contribution in [0.2, 0.25) is 0 Å². The van der Waals surface area contributed by atoms with Gasteiger partial charge in [0.1, 0.15) is 12.4 Å². The third-order valence-electron chi connectivity index (χ3n) is 2.34. The molecule has 0 heterocycles. The van der Waals surface area contributed by atoms with Crippen molar-refractivity contribution in [2.75, 3.05) is 20.2 Å². The number of hydrogen-bond acceptors (Lipinski definition) is 2. The van der Waals surface area contributed by atoms with Gasteiger partial charge < -0.3 is 14.7 Å². The Morgan fingerprint density at radius 1 is 1.44 bits per heavy atom. The van der Waals surface area contributed by atoms with Crippen molar-refractivity contribution in [1.82, 2.24) is 4.90 Å². The third kappa shape index (κ3) is 3.46. The van der Waals surface area contributed by atoms with Crippen molar-refractivity contribution in [2.45, 2.75) is 13.8 Å². The first kappa shape index (κ1) is 12.4. The largest absolute Gasteiger partial charge is 0.491 e. The summed E-state index contributed by atoms with van der Waals surface area (Å²) in [5.74, 6) is 0.810. The van der Waals surface area contributed by atoms with Crippen molar-refractivity contribution in [3.05, 3.63) is 29.3 Å². The van der Waals surface area contributed by atoms with E-state index < -0.39 is 6.09 Å². The molecule has 4 nitrogen and oxygen atoms in total. The van der Waals surface area contributed by atoms with E-state index in [1.807, 2.05) is 32.0 Å². The van der Waals surface area contributed by atoms with Crippen LogP contribution in [0.5, 0.6) is 5.75 Å². The number of ether oxygens (including phenoxy) is 1. The Morgan fingerprint density at radius 2 is 2.12 bits per heavy atom. The molecule has 1 aromatic rings. The Balaban J connectivity index is 2.46. The lowest BCUT2D eigenvalue weighted by Gasteiger charge is -2.14. The molecule has 1 rings (SSSR count). The second kappa shape index (κ2) is 5.39. The van der Waals surface area contributed by atoms with Gasteiger partial charge in [0.2, 0.25) is 0 Å². The zero-order valence-electron chi connectivity index (χ0n) is 9.86. The first-order chi connectivity index (χ1) is 7.50. The zero-order valence-corrected chi connectivity index (χ0v) is 9.86. The molecule has 16 heavy (non-hydrogen) atoms. The first-order valence-electron chi connectivity index (χ1n) is 5.15. The molecular formula is C12H17NO3. The topological polar surface area (TPSA) is 49.8 Å². The minimum absolute atomic E-state index is 0.364. The molecule has 1 N–H and O–H groups in total. The highest BCUT2D eigenvalue weighted by Crippen LogP contribution is 2.18. The number of carbonyl (C=O) groups is 1. The van der Waals surface area contributed by atoms with E-state index in [1.54, 1.807) is 0 Å². The van der Waals surface area contributed by atoms with Crippen molar-refractivity contribution >= 4 is 6.09 Å². The Labute approximate surface area is 95.5 Å². The van der Waals surface area contributed by atoms with E-state index in [2.05, 4.69) is 0 Å². The minimum Gasteiger partial charge on any atom is -0.491 e. The highest BCUT2D eigenvalue weighted by Gasteiger charge is 2.05. The second-order valence-corrected chi connectivity index (χ2v) is 3.82. The molecule has 1 aromatic carbocycles. The van der Waals surface area contributed by atoms with Crippen molar-refractivity contribution in [1.29, 1.82) is 0 Å². The minimum atomic E-state index is -0.941. The molecule has 0 radical (unpaired) electrons. The van der Waals surface area contributed by atoms with Crippen molar-refractivity contribution in [2.24, 2.45) is 0 Å². The van der Waals surface area contributed by atoms with E-state index in [9.17, 15) is 4.79 Å². The number of carboxylic acid groups (broad SMARTS) is 1. The molecule has 1 amide bonds. The maximum absolute atomic E-state index is 10.5. The lowest BCUT2D eigenvalue weighted by atomic mass is 10.1. The van der Waals surface area contributed by atoms with Crippen LogP contribution in [0.25, 0.3) is 0 Å². The van der Waals surface area contributed by atoms with E-state index in [-0.39, 0.29) is 0 Å². The second-order valence-electron chi connectivity index (χ2n) is 3.82. The van der Waals surface area contributed by atoms with E-state index in [1.165, 1.54) is 17.5 Å². The number of nitrogens with zero attached hydrogens (tertiary/aromatic N) is 1. The van der Waals surface area contributed by atoms with Crippen LogP contribution in [0.3, 0.4) is 0 Å². The van der Waals surface area contributed by atoms with Crippen LogP contribution in [0.15, 0.2) is 18.2 Å². The third-order valence-corrected chi connectivity index (χ3v) is 2.34. The van der Waals surface area contributed by atoms with Gasteiger partial charge in [-0.1, -0.05) is 17.7 Å². The number of aryl methyl sites for hydroxylation is 2. The molecule has 0 aliphatic carbocycles. The van der Waals surface area contributed by atoms with Gasteiger partial charge in [0.15, 0.2) is 0 Å². The van der Waals surface area contributed by atoms with Crippen molar-refractivity contribution in [3.63, 3.8) is 0 Å². The van der Waals surface area contributed by atoms with Gasteiger partial charge in [-0.3, -0.25) is 0 Å². The molecule has 88 valence electrons. The highest BCUT2D eigenvalue weighted by atomic mass is 16.5. The summed E-state index contributed by atoms with van der Waals surface area (Å²) >= 11 is 0. The predicted molar refractivity (Wildman–Crippen MR) is 62.1 cm³/mol. The predicted octanol–water partition coefficient (Wildman–Crippen LogP) is 2.29. The summed E-state index contributed by atoms with van der Waals surface area (Å²) in [6, 6.07) is 5.92. The number of likely N-dealkylation sites (N-methyl/N-ethyl adjacent to an activating group) is 1. The SMILES string of the molecule is Cc1ccc(OCCN(C)C(=O)O)c(C)c1. The van der Waals surface area contributed by atoms with Gasteiger partial charge in [-0.25, -0.2) is 4.79 Å². The lowest BCUT2D eigenvalue weighted by molar-refractivity contribution is 0.147. The standard InChI is InChI=1S/C12H17NO3/c1-9-4-5-11(10(2)8-9)16-7-6-13(3)12(14)15/h4-5,8H,6-7H2,1-3H3,(H,14,15). The molecule has 0 unspecified atom stereocenters. The molecular weight excluding hydrogens is 206 g/mol. The van der Waals surface area contributed by atoms with Gasteiger partial charge in [-0.15, -0.1) is 0 Å². The van der Waals surface area contributed by atoms with Crippen LogP contribution >= 0.6 is 0 Å². The summed E-state index contributed by atoms with van der Waals surface area (Å²) in [5, 5.41) is 8.64. The molecule has 0 saturated heterocycles. The van der Waals surface area contributed by atoms with Crippen LogP contribution in [-0.2, 0) is 0 Å². The quantitative estimate of drug-likeness (QED) is 0.852. The van der Waals surface area contributed by atoms with Gasteiger partial charge in [0.25, 0.3) is 0 Å². The van der Waals surface area contributed by atoms with E-state index in [0.717, 1.165) is 11.3 Å². The molecule has 0 aromatic heterocycles. The fourth-order valence-corrected chi connectivity index (χ4v) is 1.35. The summed E-state index contributed by atoms with van der Waals surface area (Å²) in [7, 11) is 1.52. The van der Waals surface area contributed by atoms with E-state index in [0.29, 0.717) is 13.2 Å². The lowest BCUT2D eigenvalue weighted by Crippen LogP contribution is -2.29. The van der Waals surface area contributed by atoms with Crippen molar-refractivity contribution < 1.29 is 14.6 Å². The average molecular weight is 223 g/mol. The average Bonchev–Trinajstić information content (AvgIpc) is 2.20. The molecule has 0 atom stereocenters. The smallest absolute Gasteiger partial charge is 0.407 e. The summed E-state index contributed by atoms with van der Waals surface area (Å²) in [6.07, 6.45) is -0.941. The number of hydrogen-bond donors (Lipinski definition) is 1. The summed E-state index contributed by atoms with van der Waals surface area (Å²) in [6.45, 7) is 4.73. The van der Waals surface area contributed by atoms with Crippen LogP contribution < -0.4 is 4.74 Å². The monoisotopic (exact) mass is 223 g/mol. The van der Waals surface area contributed by atoms with Crippen LogP contribution in [0.1, 0.15) is 11.1 Å². The highest BCUT2D eigenvalue weighted by molar-refractivity contribution is 5.64. The number of benzene rings is 1. The number of amides is 1. The van der Waals surface area contributed by atoms with Crippen molar-refractivity contribution in [3.8, 4) is 5.75 Å². The van der Waals surface area contributed by atoms with Gasteiger partial charge in [-0.2, -0.15) is 0 Å². The van der Waals surface area contributed by atoms with E-state index in [4.69, 9.17) is 9.84 Å². The zero-order chi connectivity index (χ0) is 12.1. The Hall–Kier alpha value is -1.71. The Bertz CT molecular complexity index is 377. The Morgan fingerprint density at radius 3 is 2.69 bits per heavy atom. The molecule has 4 heteroatoms. The van der Waals surface area contributed by atoms with E-state index >= 15 is 0 Å². The van der Waals surface area contributed by atoms with Crippen LogP contribution in [0, 0.1) is 13.8 Å². The van der Waals surface area contributed by atoms with Gasteiger partial charge in [0.05, 0.1) is 6.54 Å². The van der Waals surface area contributed by atoms with Crippen LogP contribution in [0.4, 0.5) is 4.79 Å². The normalized spacial score (nSPS) is 9.94. The molecule has 0 aliphatic heterocycles. The molecule has 0 aliphatic rings. The molecule has 0 saturated carbocycles. The molecule has 0 spiro atoms. The summed E-state index contributed by atoms with van der Waals surface area (Å²) in [4.78, 5) is 11.7. The Kier molecular flexibility index (Phi) is 4.17. The fraction of sp³-hybridized carbons (Fsp3) is 0.417. The fourth-order valence-electron chi connectivity index (χ4n) is 1.35. The molecule has 0 bridgehead atoms.